The quantitative estimate of drug-likeness (QED) is 0.789. The molecule has 1 saturated heterocycles. The normalized spacial score (nSPS) is 17.8. The SMILES string of the molecule is CCCN(CC1CCCCO1)C(=O)c1cc(C)nc2c1cnn2C(C)C. The third-order valence-corrected chi connectivity index (χ3v) is 4.89. The molecule has 3 heterocycles. The van der Waals surface area contributed by atoms with Gasteiger partial charge in [0.15, 0.2) is 5.65 Å². The maximum Gasteiger partial charge on any atom is 0.254 e. The Labute approximate surface area is 155 Å². The maximum atomic E-state index is 13.4. The van der Waals surface area contributed by atoms with Crippen LogP contribution in [0.5, 0.6) is 0 Å². The van der Waals surface area contributed by atoms with Gasteiger partial charge in [0.2, 0.25) is 0 Å². The first-order chi connectivity index (χ1) is 12.5. The van der Waals surface area contributed by atoms with Crippen LogP contribution < -0.4 is 0 Å². The van der Waals surface area contributed by atoms with E-state index in [0.717, 1.165) is 49.1 Å². The van der Waals surface area contributed by atoms with Gasteiger partial charge in [-0.2, -0.15) is 5.10 Å². The van der Waals surface area contributed by atoms with Crippen LogP contribution in [0.25, 0.3) is 11.0 Å². The van der Waals surface area contributed by atoms with Gasteiger partial charge in [0.05, 0.1) is 23.3 Å². The summed E-state index contributed by atoms with van der Waals surface area (Å²) in [7, 11) is 0. The highest BCUT2D eigenvalue weighted by Crippen LogP contribution is 2.23. The molecule has 0 bridgehead atoms. The Balaban J connectivity index is 1.93. The molecule has 6 heteroatoms. The molecule has 1 amide bonds. The van der Waals surface area contributed by atoms with E-state index in [1.54, 1.807) is 6.20 Å². The van der Waals surface area contributed by atoms with Crippen molar-refractivity contribution in [3.8, 4) is 0 Å². The maximum absolute atomic E-state index is 13.4. The average molecular weight is 358 g/mol. The zero-order valence-electron chi connectivity index (χ0n) is 16.4. The third kappa shape index (κ3) is 3.90. The average Bonchev–Trinajstić information content (AvgIpc) is 3.05. The fraction of sp³-hybridized carbons (Fsp3) is 0.650. The van der Waals surface area contributed by atoms with Crippen molar-refractivity contribution in [2.24, 2.45) is 0 Å². The second-order valence-corrected chi connectivity index (χ2v) is 7.47. The number of fused-ring (bicyclic) bond motifs is 1. The smallest absolute Gasteiger partial charge is 0.254 e. The first kappa shape index (κ1) is 18.8. The van der Waals surface area contributed by atoms with E-state index in [9.17, 15) is 4.79 Å². The number of hydrogen-bond donors (Lipinski definition) is 0. The van der Waals surface area contributed by atoms with Crippen LogP contribution in [0.2, 0.25) is 0 Å². The summed E-state index contributed by atoms with van der Waals surface area (Å²) in [6.07, 6.45) is 6.18. The van der Waals surface area contributed by atoms with Crippen LogP contribution in [-0.4, -0.2) is 51.4 Å². The lowest BCUT2D eigenvalue weighted by molar-refractivity contribution is -0.00380. The minimum absolute atomic E-state index is 0.0554. The van der Waals surface area contributed by atoms with E-state index in [0.29, 0.717) is 12.1 Å². The lowest BCUT2D eigenvalue weighted by Gasteiger charge is -2.30. The van der Waals surface area contributed by atoms with Gasteiger partial charge in [0.25, 0.3) is 5.91 Å². The molecule has 26 heavy (non-hydrogen) atoms. The summed E-state index contributed by atoms with van der Waals surface area (Å²) in [4.78, 5) is 19.9. The summed E-state index contributed by atoms with van der Waals surface area (Å²) < 4.78 is 7.75. The Morgan fingerprint density at radius 2 is 2.23 bits per heavy atom. The second kappa shape index (κ2) is 8.16. The van der Waals surface area contributed by atoms with Crippen molar-refractivity contribution >= 4 is 16.9 Å². The lowest BCUT2D eigenvalue weighted by atomic mass is 10.1. The molecule has 0 aromatic carbocycles. The van der Waals surface area contributed by atoms with Crippen molar-refractivity contribution in [3.05, 3.63) is 23.5 Å². The molecule has 1 fully saturated rings. The van der Waals surface area contributed by atoms with E-state index < -0.39 is 0 Å². The standard InChI is InChI=1S/C20H30N4O2/c1-5-9-23(13-16-8-6-7-10-26-16)20(25)17-11-15(4)22-19-18(17)12-21-24(19)14(2)3/h11-12,14,16H,5-10,13H2,1-4H3. The summed E-state index contributed by atoms with van der Waals surface area (Å²) in [5, 5.41) is 5.29. The van der Waals surface area contributed by atoms with Gasteiger partial charge in [-0.1, -0.05) is 6.92 Å². The number of aryl methyl sites for hydroxylation is 1. The Bertz CT molecular complexity index is 763. The lowest BCUT2D eigenvalue weighted by Crippen LogP contribution is -2.40. The molecule has 1 unspecified atom stereocenters. The summed E-state index contributed by atoms with van der Waals surface area (Å²) in [5.41, 5.74) is 2.32. The van der Waals surface area contributed by atoms with Crippen LogP contribution in [0.1, 0.15) is 68.5 Å². The van der Waals surface area contributed by atoms with Crippen LogP contribution in [-0.2, 0) is 4.74 Å². The van der Waals surface area contributed by atoms with E-state index in [2.05, 4.69) is 30.9 Å². The number of pyridine rings is 1. The number of ether oxygens (including phenoxy) is 1. The third-order valence-electron chi connectivity index (χ3n) is 4.89. The first-order valence-corrected chi connectivity index (χ1v) is 9.77. The molecular formula is C20H30N4O2. The van der Waals surface area contributed by atoms with Gasteiger partial charge in [-0.15, -0.1) is 0 Å². The van der Waals surface area contributed by atoms with Gasteiger partial charge in [-0.25, -0.2) is 9.67 Å². The highest BCUT2D eigenvalue weighted by Gasteiger charge is 2.25. The van der Waals surface area contributed by atoms with Gasteiger partial charge >= 0.3 is 0 Å². The molecule has 1 atom stereocenters. The number of amides is 1. The molecule has 142 valence electrons. The monoisotopic (exact) mass is 358 g/mol. The highest BCUT2D eigenvalue weighted by molar-refractivity contribution is 6.05. The van der Waals surface area contributed by atoms with Gasteiger partial charge < -0.3 is 9.64 Å². The number of carbonyl (C=O) groups excluding carboxylic acids is 1. The van der Waals surface area contributed by atoms with Gasteiger partial charge in [0.1, 0.15) is 0 Å². The van der Waals surface area contributed by atoms with E-state index in [-0.39, 0.29) is 18.1 Å². The minimum atomic E-state index is 0.0554. The van der Waals surface area contributed by atoms with Crippen molar-refractivity contribution in [1.82, 2.24) is 19.7 Å². The van der Waals surface area contributed by atoms with E-state index in [4.69, 9.17) is 4.74 Å². The molecule has 1 aliphatic rings. The zero-order chi connectivity index (χ0) is 18.7. The summed E-state index contributed by atoms with van der Waals surface area (Å²) in [6, 6.07) is 2.09. The van der Waals surface area contributed by atoms with Crippen molar-refractivity contribution in [2.45, 2.75) is 65.5 Å². The number of hydrogen-bond acceptors (Lipinski definition) is 4. The Kier molecular flexibility index (Phi) is 5.91. The molecular weight excluding hydrogens is 328 g/mol. The van der Waals surface area contributed by atoms with Crippen LogP contribution >= 0.6 is 0 Å². The zero-order valence-corrected chi connectivity index (χ0v) is 16.4. The van der Waals surface area contributed by atoms with E-state index in [1.165, 1.54) is 6.42 Å². The number of aromatic nitrogens is 3. The number of rotatable bonds is 6. The fourth-order valence-corrected chi connectivity index (χ4v) is 3.61. The van der Waals surface area contributed by atoms with Crippen LogP contribution in [0.15, 0.2) is 12.3 Å². The molecule has 0 radical (unpaired) electrons. The van der Waals surface area contributed by atoms with E-state index in [1.807, 2.05) is 22.6 Å². The molecule has 2 aromatic heterocycles. The van der Waals surface area contributed by atoms with Crippen molar-refractivity contribution in [2.75, 3.05) is 19.7 Å². The summed E-state index contributed by atoms with van der Waals surface area (Å²) in [6.45, 7) is 10.4. The summed E-state index contributed by atoms with van der Waals surface area (Å²) >= 11 is 0. The molecule has 0 saturated carbocycles. The second-order valence-electron chi connectivity index (χ2n) is 7.47. The summed E-state index contributed by atoms with van der Waals surface area (Å²) in [5.74, 6) is 0.0554. The van der Waals surface area contributed by atoms with Gasteiger partial charge in [-0.05, 0) is 52.5 Å². The Hall–Kier alpha value is -1.95. The molecule has 2 aromatic rings. The predicted molar refractivity (Wildman–Crippen MR) is 102 cm³/mol. The largest absolute Gasteiger partial charge is 0.376 e. The first-order valence-electron chi connectivity index (χ1n) is 9.77. The fourth-order valence-electron chi connectivity index (χ4n) is 3.61. The Morgan fingerprint density at radius 3 is 2.88 bits per heavy atom. The van der Waals surface area contributed by atoms with Gasteiger partial charge in [0, 0.05) is 31.4 Å². The van der Waals surface area contributed by atoms with Crippen molar-refractivity contribution in [1.29, 1.82) is 0 Å². The molecule has 0 spiro atoms. The number of carbonyl (C=O) groups is 1. The van der Waals surface area contributed by atoms with Crippen molar-refractivity contribution in [3.63, 3.8) is 0 Å². The number of nitrogens with zero attached hydrogens (tertiary/aromatic N) is 4. The Morgan fingerprint density at radius 1 is 1.42 bits per heavy atom. The van der Waals surface area contributed by atoms with E-state index >= 15 is 0 Å². The van der Waals surface area contributed by atoms with Crippen molar-refractivity contribution < 1.29 is 9.53 Å². The molecule has 3 rings (SSSR count). The van der Waals surface area contributed by atoms with Crippen LogP contribution in [0, 0.1) is 6.92 Å². The topological polar surface area (TPSA) is 60.2 Å². The molecule has 0 N–H and O–H groups in total. The minimum Gasteiger partial charge on any atom is -0.376 e. The highest BCUT2D eigenvalue weighted by atomic mass is 16.5. The van der Waals surface area contributed by atoms with Crippen LogP contribution in [0.3, 0.4) is 0 Å². The molecule has 6 nitrogen and oxygen atoms in total. The molecule has 0 aliphatic carbocycles. The van der Waals surface area contributed by atoms with Crippen LogP contribution in [0.4, 0.5) is 0 Å². The predicted octanol–water partition coefficient (Wildman–Crippen LogP) is 3.74. The van der Waals surface area contributed by atoms with Gasteiger partial charge in [-0.3, -0.25) is 4.79 Å². The molecule has 1 aliphatic heterocycles.